The van der Waals surface area contributed by atoms with Gasteiger partial charge >= 0.3 is 0 Å². The van der Waals surface area contributed by atoms with Crippen LogP contribution >= 0.6 is 0 Å². The van der Waals surface area contributed by atoms with Crippen LogP contribution in [0.4, 0.5) is 0 Å². The zero-order valence-corrected chi connectivity index (χ0v) is 6.29. The summed E-state index contributed by atoms with van der Waals surface area (Å²) in [5.41, 5.74) is 0. The average molecular weight is 156 g/mol. The molecule has 3 heterocycles. The summed E-state index contributed by atoms with van der Waals surface area (Å²) in [6, 6.07) is 0.710. The van der Waals surface area contributed by atoms with E-state index in [9.17, 15) is 4.79 Å². The van der Waals surface area contributed by atoms with E-state index in [0.717, 1.165) is 19.5 Å². The van der Waals surface area contributed by atoms with E-state index in [1.807, 2.05) is 0 Å². The molecule has 3 fully saturated rings. The van der Waals surface area contributed by atoms with E-state index in [2.05, 4.69) is 5.32 Å². The molecular weight excluding hydrogens is 144 g/mol. The third-order valence-electron chi connectivity index (χ3n) is 2.51. The van der Waals surface area contributed by atoms with E-state index in [-0.39, 0.29) is 12.5 Å². The SMILES string of the molecule is O=C(CO)N1C2CNCC1C2. The Labute approximate surface area is 65.2 Å². The Morgan fingerprint density at radius 3 is 2.64 bits per heavy atom. The molecule has 0 spiro atoms. The lowest BCUT2D eigenvalue weighted by Crippen LogP contribution is -2.69. The summed E-state index contributed by atoms with van der Waals surface area (Å²) in [6.07, 6.45) is 1.11. The van der Waals surface area contributed by atoms with Crippen molar-refractivity contribution < 1.29 is 9.90 Å². The van der Waals surface area contributed by atoms with Crippen molar-refractivity contribution in [1.82, 2.24) is 10.2 Å². The highest BCUT2D eigenvalue weighted by molar-refractivity contribution is 5.79. The molecule has 3 aliphatic heterocycles. The van der Waals surface area contributed by atoms with Gasteiger partial charge in [0.1, 0.15) is 6.61 Å². The van der Waals surface area contributed by atoms with Gasteiger partial charge in [-0.1, -0.05) is 0 Å². The first-order valence-electron chi connectivity index (χ1n) is 3.95. The highest BCUT2D eigenvalue weighted by Gasteiger charge is 2.43. The maximum absolute atomic E-state index is 11.1. The molecule has 4 heteroatoms. The highest BCUT2D eigenvalue weighted by Crippen LogP contribution is 2.27. The van der Waals surface area contributed by atoms with E-state index in [1.54, 1.807) is 4.90 Å². The number of amides is 1. The molecule has 1 amide bonds. The minimum atomic E-state index is -0.340. The number of carbonyl (C=O) groups is 1. The summed E-state index contributed by atoms with van der Waals surface area (Å²) in [5, 5.41) is 11.8. The predicted molar refractivity (Wildman–Crippen MR) is 39.0 cm³/mol. The number of piperazine rings is 1. The third-order valence-corrected chi connectivity index (χ3v) is 2.51. The van der Waals surface area contributed by atoms with Gasteiger partial charge in [0, 0.05) is 25.2 Å². The van der Waals surface area contributed by atoms with Crippen molar-refractivity contribution in [2.75, 3.05) is 19.7 Å². The zero-order chi connectivity index (χ0) is 7.84. The molecule has 2 bridgehead atoms. The van der Waals surface area contributed by atoms with Crippen LogP contribution < -0.4 is 5.32 Å². The van der Waals surface area contributed by atoms with E-state index in [0.29, 0.717) is 12.1 Å². The standard InChI is InChI=1S/C7H12N2O2/c10-4-7(11)9-5-1-6(9)3-8-2-5/h5-6,8,10H,1-4H2. The second-order valence-corrected chi connectivity index (χ2v) is 3.16. The molecule has 0 aliphatic carbocycles. The molecule has 11 heavy (non-hydrogen) atoms. The van der Waals surface area contributed by atoms with Crippen LogP contribution in [-0.2, 0) is 4.79 Å². The number of piperidine rings is 1. The lowest BCUT2D eigenvalue weighted by Gasteiger charge is -2.52. The van der Waals surface area contributed by atoms with Crippen LogP contribution in [0.15, 0.2) is 0 Å². The monoisotopic (exact) mass is 156 g/mol. The first-order valence-corrected chi connectivity index (χ1v) is 3.95. The molecule has 0 saturated carbocycles. The molecular formula is C7H12N2O2. The lowest BCUT2D eigenvalue weighted by molar-refractivity contribution is -0.150. The first-order chi connectivity index (χ1) is 5.33. The number of carbonyl (C=O) groups excluding carboxylic acids is 1. The van der Waals surface area contributed by atoms with Gasteiger partial charge < -0.3 is 15.3 Å². The maximum atomic E-state index is 11.1. The summed E-state index contributed by atoms with van der Waals surface area (Å²) >= 11 is 0. The van der Waals surface area contributed by atoms with Crippen LogP contribution in [0, 0.1) is 0 Å². The second-order valence-electron chi connectivity index (χ2n) is 3.16. The third kappa shape index (κ3) is 0.937. The van der Waals surface area contributed by atoms with Crippen LogP contribution in [-0.4, -0.2) is 47.7 Å². The lowest BCUT2D eigenvalue weighted by atomic mass is 9.89. The summed E-state index contributed by atoms with van der Waals surface area (Å²) in [7, 11) is 0. The molecule has 0 aromatic heterocycles. The molecule has 3 saturated heterocycles. The Hall–Kier alpha value is -0.610. The Balaban J connectivity index is 2.00. The molecule has 2 unspecified atom stereocenters. The van der Waals surface area contributed by atoms with Crippen LogP contribution in [0.25, 0.3) is 0 Å². The largest absolute Gasteiger partial charge is 0.387 e. The number of nitrogens with zero attached hydrogens (tertiary/aromatic N) is 1. The molecule has 62 valence electrons. The van der Waals surface area contributed by atoms with Gasteiger partial charge in [0.25, 0.3) is 0 Å². The van der Waals surface area contributed by atoms with Crippen molar-refractivity contribution in [3.05, 3.63) is 0 Å². The van der Waals surface area contributed by atoms with Gasteiger partial charge in [0.15, 0.2) is 0 Å². The fraction of sp³-hybridized carbons (Fsp3) is 0.857. The smallest absolute Gasteiger partial charge is 0.248 e. The molecule has 0 aromatic carbocycles. The molecule has 2 atom stereocenters. The minimum absolute atomic E-state index is 0.118. The Morgan fingerprint density at radius 1 is 1.55 bits per heavy atom. The van der Waals surface area contributed by atoms with Crippen molar-refractivity contribution in [3.63, 3.8) is 0 Å². The molecule has 2 N–H and O–H groups in total. The summed E-state index contributed by atoms with van der Waals surface area (Å²) < 4.78 is 0. The van der Waals surface area contributed by atoms with Gasteiger partial charge in [-0.05, 0) is 6.42 Å². The van der Waals surface area contributed by atoms with Crippen molar-refractivity contribution in [3.8, 4) is 0 Å². The van der Waals surface area contributed by atoms with Gasteiger partial charge in [0.2, 0.25) is 5.91 Å². The Kier molecular flexibility index (Phi) is 1.58. The molecule has 0 aromatic rings. The van der Waals surface area contributed by atoms with Gasteiger partial charge in [-0.2, -0.15) is 0 Å². The van der Waals surface area contributed by atoms with Gasteiger partial charge in [-0.25, -0.2) is 0 Å². The normalized spacial score (nSPS) is 34.8. The summed E-state index contributed by atoms with van der Waals surface area (Å²) in [4.78, 5) is 12.9. The van der Waals surface area contributed by atoms with Crippen LogP contribution in [0.3, 0.4) is 0 Å². The molecule has 0 radical (unpaired) electrons. The van der Waals surface area contributed by atoms with Gasteiger partial charge in [-0.15, -0.1) is 0 Å². The zero-order valence-electron chi connectivity index (χ0n) is 6.29. The fourth-order valence-electron chi connectivity index (χ4n) is 1.97. The van der Waals surface area contributed by atoms with E-state index in [1.165, 1.54) is 0 Å². The van der Waals surface area contributed by atoms with E-state index in [4.69, 9.17) is 5.11 Å². The van der Waals surface area contributed by atoms with Crippen molar-refractivity contribution in [1.29, 1.82) is 0 Å². The number of hydrogen-bond donors (Lipinski definition) is 2. The maximum Gasteiger partial charge on any atom is 0.248 e. The highest BCUT2D eigenvalue weighted by atomic mass is 16.3. The van der Waals surface area contributed by atoms with E-state index < -0.39 is 0 Å². The minimum Gasteiger partial charge on any atom is -0.387 e. The van der Waals surface area contributed by atoms with Crippen LogP contribution in [0.5, 0.6) is 0 Å². The number of hydrogen-bond acceptors (Lipinski definition) is 3. The predicted octanol–water partition coefficient (Wildman–Crippen LogP) is -1.45. The first kappa shape index (κ1) is 7.06. The molecule has 3 rings (SSSR count). The summed E-state index contributed by atoms with van der Waals surface area (Å²) in [6.45, 7) is 1.44. The van der Waals surface area contributed by atoms with E-state index >= 15 is 0 Å². The molecule has 4 nitrogen and oxygen atoms in total. The van der Waals surface area contributed by atoms with Crippen molar-refractivity contribution in [2.45, 2.75) is 18.5 Å². The van der Waals surface area contributed by atoms with Crippen LogP contribution in [0.2, 0.25) is 0 Å². The topological polar surface area (TPSA) is 52.6 Å². The second kappa shape index (κ2) is 2.46. The van der Waals surface area contributed by atoms with Gasteiger partial charge in [-0.3, -0.25) is 4.79 Å². The number of aliphatic hydroxyl groups excluding tert-OH is 1. The fourth-order valence-corrected chi connectivity index (χ4v) is 1.97. The Morgan fingerprint density at radius 2 is 2.18 bits per heavy atom. The van der Waals surface area contributed by atoms with Crippen molar-refractivity contribution >= 4 is 5.91 Å². The number of nitrogens with one attached hydrogen (secondary N) is 1. The number of fused-ring (bicyclic) bond motifs is 2. The summed E-state index contributed by atoms with van der Waals surface area (Å²) in [5.74, 6) is -0.118. The average Bonchev–Trinajstić information content (AvgIpc) is 2.05. The molecule has 3 aliphatic rings. The Bertz CT molecular complexity index is 169. The van der Waals surface area contributed by atoms with Crippen LogP contribution in [0.1, 0.15) is 6.42 Å². The van der Waals surface area contributed by atoms with Crippen molar-refractivity contribution in [2.24, 2.45) is 0 Å². The van der Waals surface area contributed by atoms with Gasteiger partial charge in [0.05, 0.1) is 0 Å². The number of aliphatic hydroxyl groups is 1. The quantitative estimate of drug-likeness (QED) is 0.488. The number of rotatable bonds is 1.